The lowest BCUT2D eigenvalue weighted by Gasteiger charge is -2.31. The van der Waals surface area contributed by atoms with E-state index in [-0.39, 0.29) is 28.1 Å². The van der Waals surface area contributed by atoms with Gasteiger partial charge in [0.15, 0.2) is 0 Å². The van der Waals surface area contributed by atoms with Gasteiger partial charge in [0, 0.05) is 11.6 Å². The molecule has 7 heteroatoms. The predicted molar refractivity (Wildman–Crippen MR) is 120 cm³/mol. The van der Waals surface area contributed by atoms with Crippen LogP contribution < -0.4 is 4.74 Å². The number of amides is 1. The highest BCUT2D eigenvalue weighted by molar-refractivity contribution is 6.46. The number of aliphatic hydroxyl groups is 1. The quantitative estimate of drug-likeness (QED) is 0.398. The number of ketones is 1. The van der Waals surface area contributed by atoms with Crippen molar-refractivity contribution in [1.29, 1.82) is 0 Å². The maximum Gasteiger partial charge on any atom is 0.295 e. The maximum absolute atomic E-state index is 13.2. The number of nitrogens with zero attached hydrogens (tertiary/aromatic N) is 1. The van der Waals surface area contributed by atoms with Gasteiger partial charge in [-0.15, -0.1) is 0 Å². The van der Waals surface area contributed by atoms with E-state index in [2.05, 4.69) is 0 Å². The van der Waals surface area contributed by atoms with Crippen molar-refractivity contribution >= 4 is 29.1 Å². The van der Waals surface area contributed by atoms with Gasteiger partial charge >= 0.3 is 0 Å². The van der Waals surface area contributed by atoms with E-state index in [9.17, 15) is 19.8 Å². The van der Waals surface area contributed by atoms with Crippen LogP contribution >= 0.6 is 11.6 Å². The Morgan fingerprint density at radius 1 is 1.06 bits per heavy atom. The number of rotatable bonds is 3. The molecule has 6 nitrogen and oxygen atoms in total. The first-order valence-electron chi connectivity index (χ1n) is 11.0. The Kier molecular flexibility index (Phi) is 5.33. The SMILES string of the molecule is O=C1C(=O)N(C2CCCC2)C(c2ccc(O)c(Cl)c2)/C1=C(/O)c1ccc2c(c1)CCCO2. The summed E-state index contributed by atoms with van der Waals surface area (Å²) in [6.45, 7) is 0.659. The number of carbonyl (C=O) groups excluding carboxylic acids is 2. The van der Waals surface area contributed by atoms with Crippen molar-refractivity contribution in [2.75, 3.05) is 6.61 Å². The van der Waals surface area contributed by atoms with Crippen molar-refractivity contribution in [1.82, 2.24) is 4.90 Å². The van der Waals surface area contributed by atoms with Gasteiger partial charge in [0.1, 0.15) is 17.3 Å². The second-order valence-electron chi connectivity index (χ2n) is 8.63. The van der Waals surface area contributed by atoms with E-state index in [4.69, 9.17) is 16.3 Å². The Morgan fingerprint density at radius 3 is 2.59 bits per heavy atom. The topological polar surface area (TPSA) is 87.1 Å². The number of ether oxygens (including phenoxy) is 1. The van der Waals surface area contributed by atoms with Crippen LogP contribution in [0.5, 0.6) is 11.5 Å². The number of Topliss-reactive ketones (excluding diaryl/α,β-unsaturated/α-hetero) is 1. The van der Waals surface area contributed by atoms with E-state index in [0.29, 0.717) is 17.7 Å². The zero-order valence-electron chi connectivity index (χ0n) is 17.5. The molecule has 2 fully saturated rings. The van der Waals surface area contributed by atoms with Crippen LogP contribution in [0.15, 0.2) is 42.0 Å². The predicted octanol–water partition coefficient (Wildman–Crippen LogP) is 4.73. The Labute approximate surface area is 191 Å². The van der Waals surface area contributed by atoms with E-state index in [1.807, 2.05) is 6.07 Å². The van der Waals surface area contributed by atoms with Crippen LogP contribution in [-0.4, -0.2) is 39.5 Å². The van der Waals surface area contributed by atoms with Crippen LogP contribution in [0.2, 0.25) is 5.02 Å². The number of hydrogen-bond donors (Lipinski definition) is 2. The second kappa shape index (κ2) is 8.17. The number of phenols is 1. The Morgan fingerprint density at radius 2 is 1.84 bits per heavy atom. The molecule has 1 unspecified atom stereocenters. The molecule has 2 aliphatic heterocycles. The summed E-state index contributed by atoms with van der Waals surface area (Å²) in [5, 5.41) is 21.3. The number of halogens is 1. The van der Waals surface area contributed by atoms with Gasteiger partial charge in [-0.3, -0.25) is 9.59 Å². The third-order valence-electron chi connectivity index (χ3n) is 6.67. The molecule has 2 aromatic rings. The first-order valence-corrected chi connectivity index (χ1v) is 11.4. The molecular formula is C25H24ClNO5. The molecule has 1 aliphatic carbocycles. The molecule has 1 amide bonds. The van der Waals surface area contributed by atoms with Gasteiger partial charge in [0.05, 0.1) is 23.2 Å². The Bertz CT molecular complexity index is 1140. The summed E-state index contributed by atoms with van der Waals surface area (Å²) in [6.07, 6.45) is 5.30. The maximum atomic E-state index is 13.2. The molecule has 0 spiro atoms. The third-order valence-corrected chi connectivity index (χ3v) is 6.97. The molecule has 0 bridgehead atoms. The zero-order chi connectivity index (χ0) is 22.4. The van der Waals surface area contributed by atoms with Gasteiger partial charge < -0.3 is 19.8 Å². The minimum absolute atomic E-state index is 0.0559. The molecule has 2 aromatic carbocycles. The molecule has 1 saturated heterocycles. The smallest absolute Gasteiger partial charge is 0.295 e. The lowest BCUT2D eigenvalue weighted by Crippen LogP contribution is -2.37. The average molecular weight is 454 g/mol. The summed E-state index contributed by atoms with van der Waals surface area (Å²) in [6, 6.07) is 9.15. The van der Waals surface area contributed by atoms with Gasteiger partial charge in [-0.2, -0.15) is 0 Å². The number of carbonyl (C=O) groups is 2. The van der Waals surface area contributed by atoms with Crippen molar-refractivity contribution in [2.24, 2.45) is 0 Å². The van der Waals surface area contributed by atoms with Crippen LogP contribution in [-0.2, 0) is 16.0 Å². The second-order valence-corrected chi connectivity index (χ2v) is 9.04. The Hall–Kier alpha value is -2.99. The highest BCUT2D eigenvalue weighted by Gasteiger charge is 2.49. The summed E-state index contributed by atoms with van der Waals surface area (Å²) >= 11 is 6.17. The minimum atomic E-state index is -0.761. The lowest BCUT2D eigenvalue weighted by atomic mass is 9.93. The summed E-state index contributed by atoms with van der Waals surface area (Å²) in [4.78, 5) is 27.9. The number of phenolic OH excluding ortho intramolecular Hbond substituents is 1. The van der Waals surface area contributed by atoms with Crippen LogP contribution in [0.25, 0.3) is 5.76 Å². The normalized spacial score (nSPS) is 22.8. The van der Waals surface area contributed by atoms with Crippen LogP contribution in [0, 0.1) is 0 Å². The van der Waals surface area contributed by atoms with Crippen LogP contribution in [0.1, 0.15) is 54.8 Å². The van der Waals surface area contributed by atoms with Crippen molar-refractivity contribution < 1.29 is 24.5 Å². The highest BCUT2D eigenvalue weighted by Crippen LogP contribution is 2.45. The number of aliphatic hydroxyl groups excluding tert-OH is 1. The lowest BCUT2D eigenvalue weighted by molar-refractivity contribution is -0.141. The number of hydrogen-bond acceptors (Lipinski definition) is 5. The first-order chi connectivity index (χ1) is 15.5. The summed E-state index contributed by atoms with van der Waals surface area (Å²) in [5.74, 6) is -0.804. The average Bonchev–Trinajstić information content (AvgIpc) is 3.42. The third kappa shape index (κ3) is 3.43. The number of likely N-dealkylation sites (tertiary alicyclic amines) is 1. The molecule has 0 aromatic heterocycles. The standard InChI is InChI=1S/C25H24ClNO5/c26-18-13-15(7-9-19(18)28)22-21(24(30)25(31)27(22)17-5-1-2-6-17)23(29)16-8-10-20-14(12-16)4-3-11-32-20/h7-10,12-13,17,22,28-29H,1-6,11H2/b23-21-. The van der Waals surface area contributed by atoms with Crippen molar-refractivity contribution in [3.63, 3.8) is 0 Å². The number of benzene rings is 2. The van der Waals surface area contributed by atoms with Gasteiger partial charge in [-0.05, 0) is 67.1 Å². The number of aromatic hydroxyl groups is 1. The highest BCUT2D eigenvalue weighted by atomic mass is 35.5. The van der Waals surface area contributed by atoms with Crippen molar-refractivity contribution in [2.45, 2.75) is 50.6 Å². The van der Waals surface area contributed by atoms with Crippen LogP contribution in [0.4, 0.5) is 0 Å². The summed E-state index contributed by atoms with van der Waals surface area (Å²) in [7, 11) is 0. The summed E-state index contributed by atoms with van der Waals surface area (Å²) in [5.41, 5.74) is 2.09. The zero-order valence-corrected chi connectivity index (χ0v) is 18.3. The molecule has 5 rings (SSSR count). The molecular weight excluding hydrogens is 430 g/mol. The van der Waals surface area contributed by atoms with E-state index >= 15 is 0 Å². The molecule has 1 atom stereocenters. The van der Waals surface area contributed by atoms with Crippen LogP contribution in [0.3, 0.4) is 0 Å². The summed E-state index contributed by atoms with van der Waals surface area (Å²) < 4.78 is 5.66. The van der Waals surface area contributed by atoms with Gasteiger partial charge in [-0.1, -0.05) is 30.5 Å². The van der Waals surface area contributed by atoms with Crippen molar-refractivity contribution in [3.8, 4) is 11.5 Å². The number of aryl methyl sites for hydroxylation is 1. The van der Waals surface area contributed by atoms with Gasteiger partial charge in [-0.25, -0.2) is 0 Å². The molecule has 2 N–H and O–H groups in total. The monoisotopic (exact) mass is 453 g/mol. The van der Waals surface area contributed by atoms with Gasteiger partial charge in [0.2, 0.25) is 0 Å². The molecule has 1 saturated carbocycles. The van der Waals surface area contributed by atoms with E-state index < -0.39 is 17.7 Å². The van der Waals surface area contributed by atoms with E-state index in [0.717, 1.165) is 49.8 Å². The van der Waals surface area contributed by atoms with Gasteiger partial charge in [0.25, 0.3) is 11.7 Å². The Balaban J connectivity index is 1.66. The molecule has 166 valence electrons. The molecule has 0 radical (unpaired) electrons. The van der Waals surface area contributed by atoms with E-state index in [1.165, 1.54) is 6.07 Å². The minimum Gasteiger partial charge on any atom is -0.507 e. The number of fused-ring (bicyclic) bond motifs is 1. The molecule has 3 aliphatic rings. The fourth-order valence-corrected chi connectivity index (χ4v) is 5.28. The fourth-order valence-electron chi connectivity index (χ4n) is 5.09. The van der Waals surface area contributed by atoms with Crippen molar-refractivity contribution in [3.05, 3.63) is 63.7 Å². The van der Waals surface area contributed by atoms with E-state index in [1.54, 1.807) is 29.2 Å². The first kappa shape index (κ1) is 20.9. The largest absolute Gasteiger partial charge is 0.507 e. The molecule has 32 heavy (non-hydrogen) atoms. The molecule has 2 heterocycles. The fraction of sp³-hybridized carbons (Fsp3) is 0.360.